The maximum absolute atomic E-state index is 5.82. The Morgan fingerprint density at radius 2 is 1.75 bits per heavy atom. The summed E-state index contributed by atoms with van der Waals surface area (Å²) in [6.45, 7) is 9.79. The summed E-state index contributed by atoms with van der Waals surface area (Å²) in [6.07, 6.45) is 1.03. The van der Waals surface area contributed by atoms with Crippen molar-refractivity contribution in [3.63, 3.8) is 0 Å². The van der Waals surface area contributed by atoms with Gasteiger partial charge in [-0.1, -0.05) is 11.8 Å². The van der Waals surface area contributed by atoms with Crippen molar-refractivity contribution < 1.29 is 13.3 Å². The third-order valence-corrected chi connectivity index (χ3v) is 6.79. The second-order valence-corrected chi connectivity index (χ2v) is 7.86. The van der Waals surface area contributed by atoms with Crippen molar-refractivity contribution in [2.75, 3.05) is 38.7 Å². The zero-order valence-corrected chi connectivity index (χ0v) is 16.2. The minimum atomic E-state index is -2.45. The number of aliphatic imine (C=N–C) groups is 1. The van der Waals surface area contributed by atoms with E-state index in [1.165, 1.54) is 0 Å². The fourth-order valence-electron chi connectivity index (χ4n) is 1.93. The monoisotopic (exact) mass is 386 g/mol. The highest BCUT2D eigenvalue weighted by Gasteiger charge is 2.39. The van der Waals surface area contributed by atoms with Crippen molar-refractivity contribution in [3.8, 4) is 0 Å². The molecule has 0 aromatic rings. The quantitative estimate of drug-likeness (QED) is 0.461. The van der Waals surface area contributed by atoms with Gasteiger partial charge in [0, 0.05) is 38.2 Å². The average Bonchev–Trinajstić information content (AvgIpc) is 2.89. The Morgan fingerprint density at radius 3 is 2.20 bits per heavy atom. The molecule has 5 nitrogen and oxygen atoms in total. The van der Waals surface area contributed by atoms with Gasteiger partial charge in [0.2, 0.25) is 0 Å². The SMILES string of the molecule is Br.CCO[Si](CCCSC1=NCCN1)(OCC)OCC. The highest BCUT2D eigenvalue weighted by Crippen LogP contribution is 2.20. The van der Waals surface area contributed by atoms with Crippen molar-refractivity contribution in [1.29, 1.82) is 0 Å². The van der Waals surface area contributed by atoms with Crippen LogP contribution in [0.3, 0.4) is 0 Å². The van der Waals surface area contributed by atoms with Gasteiger partial charge in [0.1, 0.15) is 0 Å². The Kier molecular flexibility index (Phi) is 12.2. The van der Waals surface area contributed by atoms with E-state index in [1.54, 1.807) is 11.8 Å². The smallest absolute Gasteiger partial charge is 0.374 e. The van der Waals surface area contributed by atoms with Crippen LogP contribution in [0.15, 0.2) is 4.99 Å². The Hall–Kier alpha value is 0.397. The van der Waals surface area contributed by atoms with Gasteiger partial charge in [0.05, 0.1) is 6.54 Å². The standard InChI is InChI=1S/C12H26N2O3SSi.BrH/c1-4-15-19(16-5-2,17-6-3)11-7-10-18-12-13-8-9-14-12;/h4-11H2,1-3H3,(H,13,14);1H. The van der Waals surface area contributed by atoms with E-state index in [0.717, 1.165) is 36.5 Å². The van der Waals surface area contributed by atoms with Crippen LogP contribution in [0.25, 0.3) is 0 Å². The topological polar surface area (TPSA) is 52.1 Å². The van der Waals surface area contributed by atoms with Gasteiger partial charge in [-0.2, -0.15) is 0 Å². The molecule has 0 radical (unpaired) electrons. The number of amidine groups is 1. The summed E-state index contributed by atoms with van der Waals surface area (Å²) in [5, 5.41) is 4.33. The molecule has 8 heteroatoms. The first-order valence-electron chi connectivity index (χ1n) is 7.09. The fourth-order valence-corrected chi connectivity index (χ4v) is 5.67. The molecule has 0 bridgehead atoms. The molecule has 0 amide bonds. The van der Waals surface area contributed by atoms with E-state index in [9.17, 15) is 0 Å². The first-order chi connectivity index (χ1) is 9.26. The predicted molar refractivity (Wildman–Crippen MR) is 93.1 cm³/mol. The normalized spacial score (nSPS) is 14.7. The van der Waals surface area contributed by atoms with E-state index < -0.39 is 8.80 Å². The van der Waals surface area contributed by atoms with Crippen molar-refractivity contribution >= 4 is 42.7 Å². The molecule has 120 valence electrons. The molecular weight excluding hydrogens is 360 g/mol. The number of nitrogens with zero attached hydrogens (tertiary/aromatic N) is 1. The van der Waals surface area contributed by atoms with Crippen LogP contribution in [0.4, 0.5) is 0 Å². The van der Waals surface area contributed by atoms with Crippen LogP contribution < -0.4 is 5.32 Å². The molecule has 1 N–H and O–H groups in total. The Morgan fingerprint density at radius 1 is 1.15 bits per heavy atom. The van der Waals surface area contributed by atoms with Crippen molar-refractivity contribution in [1.82, 2.24) is 5.32 Å². The van der Waals surface area contributed by atoms with Gasteiger partial charge in [-0.15, -0.1) is 17.0 Å². The lowest BCUT2D eigenvalue weighted by Crippen LogP contribution is -2.46. The first kappa shape index (κ1) is 20.4. The van der Waals surface area contributed by atoms with Crippen molar-refractivity contribution in [2.45, 2.75) is 33.2 Å². The zero-order chi connectivity index (χ0) is 14.0. The number of halogens is 1. The Labute approximate surface area is 138 Å². The molecular formula is C12H27BrN2O3SSi. The molecule has 0 saturated carbocycles. The third-order valence-electron chi connectivity index (χ3n) is 2.60. The largest absolute Gasteiger partial charge is 0.500 e. The number of hydrogen-bond acceptors (Lipinski definition) is 6. The van der Waals surface area contributed by atoms with Gasteiger partial charge in [0.15, 0.2) is 5.17 Å². The van der Waals surface area contributed by atoms with Crippen molar-refractivity contribution in [3.05, 3.63) is 0 Å². The Bertz CT molecular complexity index is 268. The van der Waals surface area contributed by atoms with E-state index in [4.69, 9.17) is 13.3 Å². The third kappa shape index (κ3) is 7.42. The number of hydrogen-bond donors (Lipinski definition) is 1. The first-order valence-corrected chi connectivity index (χ1v) is 10.0. The summed E-state index contributed by atoms with van der Waals surface area (Å²) >= 11 is 1.77. The van der Waals surface area contributed by atoms with E-state index in [0.29, 0.717) is 19.8 Å². The summed E-state index contributed by atoms with van der Waals surface area (Å²) in [4.78, 5) is 4.36. The molecule has 1 heterocycles. The second-order valence-electron chi connectivity index (χ2n) is 4.05. The lowest BCUT2D eigenvalue weighted by Gasteiger charge is -2.28. The van der Waals surface area contributed by atoms with Gasteiger partial charge >= 0.3 is 8.80 Å². The van der Waals surface area contributed by atoms with E-state index >= 15 is 0 Å². The molecule has 0 unspecified atom stereocenters. The van der Waals surface area contributed by atoms with Crippen LogP contribution in [0.2, 0.25) is 6.04 Å². The molecule has 1 aliphatic rings. The highest BCUT2D eigenvalue weighted by molar-refractivity contribution is 8.93. The maximum atomic E-state index is 5.82. The van der Waals surface area contributed by atoms with Crippen LogP contribution in [-0.4, -0.2) is 52.6 Å². The van der Waals surface area contributed by atoms with Gasteiger partial charge in [-0.05, 0) is 27.2 Å². The van der Waals surface area contributed by atoms with Crippen LogP contribution in [0, 0.1) is 0 Å². The summed E-state index contributed by atoms with van der Waals surface area (Å²) in [5.74, 6) is 1.02. The fraction of sp³-hybridized carbons (Fsp3) is 0.917. The van der Waals surface area contributed by atoms with Gasteiger partial charge in [0.25, 0.3) is 0 Å². The average molecular weight is 387 g/mol. The van der Waals surface area contributed by atoms with Gasteiger partial charge in [-0.3, -0.25) is 4.99 Å². The molecule has 0 aromatic carbocycles. The van der Waals surface area contributed by atoms with Gasteiger partial charge < -0.3 is 18.6 Å². The molecule has 0 aromatic heterocycles. The number of nitrogens with one attached hydrogen (secondary N) is 1. The minimum Gasteiger partial charge on any atom is -0.374 e. The summed E-state index contributed by atoms with van der Waals surface area (Å²) in [7, 11) is -2.45. The highest BCUT2D eigenvalue weighted by atomic mass is 79.9. The van der Waals surface area contributed by atoms with Gasteiger partial charge in [-0.25, -0.2) is 0 Å². The summed E-state index contributed by atoms with van der Waals surface area (Å²) in [6, 6.07) is 0.878. The molecule has 20 heavy (non-hydrogen) atoms. The van der Waals surface area contributed by atoms with Crippen LogP contribution in [-0.2, 0) is 13.3 Å². The molecule has 0 atom stereocenters. The predicted octanol–water partition coefficient (Wildman–Crippen LogP) is 2.70. The Balaban J connectivity index is 0.00000361. The summed E-state index contributed by atoms with van der Waals surface area (Å²) in [5.41, 5.74) is 0. The van der Waals surface area contributed by atoms with Crippen LogP contribution in [0.1, 0.15) is 27.2 Å². The van der Waals surface area contributed by atoms with Crippen molar-refractivity contribution in [2.24, 2.45) is 4.99 Å². The molecule has 0 saturated heterocycles. The minimum absolute atomic E-state index is 0. The lowest BCUT2D eigenvalue weighted by molar-refractivity contribution is 0.0712. The number of rotatable bonds is 10. The zero-order valence-electron chi connectivity index (χ0n) is 12.6. The molecule has 0 spiro atoms. The second kappa shape index (κ2) is 12.0. The molecule has 0 fully saturated rings. The lowest BCUT2D eigenvalue weighted by atomic mass is 10.6. The van der Waals surface area contributed by atoms with Crippen LogP contribution >= 0.6 is 28.7 Å². The summed E-state index contributed by atoms with van der Waals surface area (Å²) < 4.78 is 17.5. The van der Waals surface area contributed by atoms with E-state index in [1.807, 2.05) is 20.8 Å². The maximum Gasteiger partial charge on any atom is 0.500 e. The van der Waals surface area contributed by atoms with E-state index in [-0.39, 0.29) is 17.0 Å². The number of thioether (sulfide) groups is 1. The molecule has 1 aliphatic heterocycles. The van der Waals surface area contributed by atoms with E-state index in [2.05, 4.69) is 10.3 Å². The van der Waals surface area contributed by atoms with Crippen LogP contribution in [0.5, 0.6) is 0 Å². The molecule has 0 aliphatic carbocycles. The molecule has 1 rings (SSSR count).